The Morgan fingerprint density at radius 1 is 1.00 bits per heavy atom. The third-order valence-corrected chi connectivity index (χ3v) is 0. The quantitative estimate of drug-likeness (QED) is 0.322. The molecule has 0 atom stereocenters. The molecule has 0 aromatic rings. The van der Waals surface area contributed by atoms with Gasteiger partial charge < -0.3 is 19.2 Å². The molecule has 0 aliphatic rings. The summed E-state index contributed by atoms with van der Waals surface area (Å²) in [6.45, 7) is 0. The van der Waals surface area contributed by atoms with E-state index in [9.17, 15) is 0 Å². The zero-order valence-corrected chi connectivity index (χ0v) is 7.71. The Balaban J connectivity index is -0.00000000800. The van der Waals surface area contributed by atoms with E-state index in [2.05, 4.69) is 0 Å². The van der Waals surface area contributed by atoms with Gasteiger partial charge >= 0.3 is 89.3 Å². The third kappa shape index (κ3) is 98.4. The molecule has 0 saturated carbocycles. The summed E-state index contributed by atoms with van der Waals surface area (Å²) in [5.41, 5.74) is 0. The summed E-state index contributed by atoms with van der Waals surface area (Å²) < 4.78 is 8.55. The van der Waals surface area contributed by atoms with Gasteiger partial charge in [-0.05, 0) is 0 Å². The minimum Gasteiger partial charge on any atom is 0.316 e. The number of hydrogen-bond acceptors (Lipinski definition) is 4. The number of rotatable bonds is 0. The molecule has 0 aliphatic carbocycles. The molecule has 0 spiro atoms. The monoisotopic (exact) mass is 356 g/mol. The minimum absolute atomic E-state index is 0. The number of hydrogen-bond donors (Lipinski definition) is 0. The van der Waals surface area contributed by atoms with Gasteiger partial charge in [-0.1, -0.05) is 0 Å². The molecular formula is H8AlBaMgO4PS2. The van der Waals surface area contributed by atoms with Crippen LogP contribution in [-0.2, 0) is 4.57 Å². The van der Waals surface area contributed by atoms with Gasteiger partial charge in [-0.15, -0.1) is 0 Å². The van der Waals surface area contributed by atoms with Crippen molar-refractivity contribution >= 4 is 124 Å². The van der Waals surface area contributed by atoms with Crippen LogP contribution in [0.15, 0.2) is 0 Å². The maximum atomic E-state index is 8.55. The van der Waals surface area contributed by atoms with Crippen LogP contribution >= 0.6 is 34.8 Å². The van der Waals surface area contributed by atoms with Gasteiger partial charge in [0.05, 0.1) is 0 Å². The fourth-order valence-electron chi connectivity index (χ4n) is 0. The molecule has 0 aromatic carbocycles. The minimum atomic E-state index is -5.39. The summed E-state index contributed by atoms with van der Waals surface area (Å²) in [4.78, 5) is 25.6. The molecule has 0 radical (unpaired) electrons. The van der Waals surface area contributed by atoms with Gasteiger partial charge in [0.2, 0.25) is 0 Å². The maximum Gasteiger partial charge on any atom is 0.316 e. The molecule has 0 saturated heterocycles. The molecule has 0 amide bonds. The first-order valence-corrected chi connectivity index (χ1v) is 2.19. The van der Waals surface area contributed by atoms with E-state index in [1.165, 1.54) is 0 Å². The predicted molar refractivity (Wildman–Crippen MR) is 51.2 cm³/mol. The van der Waals surface area contributed by atoms with Crippen molar-refractivity contribution in [3.05, 3.63) is 0 Å². The Kier molecular flexibility index (Phi) is 68.8. The average Bonchev–Trinajstić information content (AvgIpc) is 0.722. The van der Waals surface area contributed by atoms with E-state index in [1.54, 1.807) is 0 Å². The fraction of sp³-hybridized carbons (Fsp3) is 0. The van der Waals surface area contributed by atoms with E-state index in [0.29, 0.717) is 0 Å². The summed E-state index contributed by atoms with van der Waals surface area (Å²) in [5, 5.41) is 0. The molecule has 0 bridgehead atoms. The van der Waals surface area contributed by atoms with Crippen molar-refractivity contribution in [1.29, 1.82) is 0 Å². The second-order valence-electron chi connectivity index (χ2n) is 0.447. The van der Waals surface area contributed by atoms with Gasteiger partial charge in [-0.25, -0.2) is 0 Å². The van der Waals surface area contributed by atoms with Gasteiger partial charge in [-0.3, -0.25) is 0 Å². The molecule has 0 heterocycles. The Morgan fingerprint density at radius 2 is 1.00 bits per heavy atom. The molecule has 0 unspecified atom stereocenters. The van der Waals surface area contributed by atoms with E-state index in [0.717, 1.165) is 0 Å². The standard InChI is InChI=1S/Al.Ba.Mg.H3O4P.2H2S.4H/c;;;1-5(2,3)4;;;;;;/h;;;(H3,1,2,3,4);2*1H2;;;;/q+3;;;;;;;;;/p-3. The predicted octanol–water partition coefficient (Wildman–Crippen LogP) is -4.81. The van der Waals surface area contributed by atoms with Crippen molar-refractivity contribution in [2.75, 3.05) is 0 Å². The normalized spacial score (nSPS) is 5.90. The first-order valence-electron chi connectivity index (χ1n) is 0.730. The first-order chi connectivity index (χ1) is 2.00. The maximum absolute atomic E-state index is 8.55. The Labute approximate surface area is 140 Å². The molecule has 0 aliphatic heterocycles. The van der Waals surface area contributed by atoms with Crippen molar-refractivity contribution in [3.8, 4) is 0 Å². The van der Waals surface area contributed by atoms with Gasteiger partial charge in [0.25, 0.3) is 0 Å². The summed E-state index contributed by atoms with van der Waals surface area (Å²) >= 11 is 0. The summed E-state index contributed by atoms with van der Waals surface area (Å²) in [6, 6.07) is 0. The van der Waals surface area contributed by atoms with E-state index in [-0.39, 0.29) is 116 Å². The van der Waals surface area contributed by atoms with Crippen LogP contribution in [0.5, 0.6) is 0 Å². The van der Waals surface area contributed by atoms with Crippen LogP contribution in [0.2, 0.25) is 0 Å². The molecule has 0 aromatic heterocycles. The van der Waals surface area contributed by atoms with Crippen molar-refractivity contribution in [3.63, 3.8) is 0 Å². The first kappa shape index (κ1) is 37.3. The second kappa shape index (κ2) is 18.5. The van der Waals surface area contributed by atoms with Crippen LogP contribution in [-0.4, -0.2) is 89.3 Å². The van der Waals surface area contributed by atoms with Crippen LogP contribution in [0.4, 0.5) is 0 Å². The van der Waals surface area contributed by atoms with Gasteiger partial charge in [0.1, 0.15) is 0 Å². The molecule has 56 valence electrons. The van der Waals surface area contributed by atoms with Crippen molar-refractivity contribution in [1.82, 2.24) is 0 Å². The van der Waals surface area contributed by atoms with Gasteiger partial charge in [0, 0.05) is 0 Å². The van der Waals surface area contributed by atoms with E-state index in [1.807, 2.05) is 0 Å². The third-order valence-electron chi connectivity index (χ3n) is 0. The van der Waals surface area contributed by atoms with E-state index in [4.69, 9.17) is 19.2 Å². The summed E-state index contributed by atoms with van der Waals surface area (Å²) in [5.74, 6) is 0. The second-order valence-corrected chi connectivity index (χ2v) is 1.34. The van der Waals surface area contributed by atoms with Crippen LogP contribution in [0.25, 0.3) is 0 Å². The molecule has 10 heteroatoms. The molecule has 10 heavy (non-hydrogen) atoms. The molecule has 0 N–H and O–H groups in total. The Morgan fingerprint density at radius 3 is 1.00 bits per heavy atom. The molecule has 4 nitrogen and oxygen atoms in total. The Bertz CT molecular complexity index is 69.4. The van der Waals surface area contributed by atoms with Crippen molar-refractivity contribution in [2.45, 2.75) is 0 Å². The van der Waals surface area contributed by atoms with Gasteiger partial charge in [-0.2, -0.15) is 34.8 Å². The van der Waals surface area contributed by atoms with Crippen LogP contribution < -0.4 is 14.7 Å². The molecular weight excluding hydrogens is 348 g/mol. The summed E-state index contributed by atoms with van der Waals surface area (Å²) in [7, 11) is -5.39. The topological polar surface area (TPSA) is 86.2 Å². The van der Waals surface area contributed by atoms with E-state index >= 15 is 0 Å². The SMILES string of the molecule is O=P([O-])([O-])[O-].S.S.[Al+3].[BaH2].[MgH2]. The van der Waals surface area contributed by atoms with E-state index < -0.39 is 7.82 Å². The molecule has 0 fully saturated rings. The zero-order chi connectivity index (χ0) is 4.50. The van der Waals surface area contributed by atoms with Gasteiger partial charge in [0.15, 0.2) is 0 Å². The Hall–Kier alpha value is 3.68. The van der Waals surface area contributed by atoms with Crippen LogP contribution in [0.1, 0.15) is 0 Å². The van der Waals surface area contributed by atoms with Crippen molar-refractivity contribution in [2.24, 2.45) is 0 Å². The fourth-order valence-corrected chi connectivity index (χ4v) is 0. The van der Waals surface area contributed by atoms with Crippen LogP contribution in [0, 0.1) is 0 Å². The van der Waals surface area contributed by atoms with Crippen LogP contribution in [0.3, 0.4) is 0 Å². The smallest absolute Gasteiger partial charge is 0.316 e. The summed E-state index contributed by atoms with van der Waals surface area (Å²) in [6.07, 6.45) is 0. The average molecular weight is 356 g/mol. The number of phosphoric acid groups is 1. The zero-order valence-electron chi connectivity index (χ0n) is 3.66. The molecule has 0 rings (SSSR count). The largest absolute Gasteiger partial charge is 0.316 e. The van der Waals surface area contributed by atoms with Crippen molar-refractivity contribution < 1.29 is 19.2 Å².